The van der Waals surface area contributed by atoms with Crippen molar-refractivity contribution in [1.29, 1.82) is 0 Å². The van der Waals surface area contributed by atoms with Gasteiger partial charge in [-0.3, -0.25) is 4.79 Å². The molecule has 6 aromatic rings. The van der Waals surface area contributed by atoms with Crippen LogP contribution in [-0.4, -0.2) is 62.7 Å². The van der Waals surface area contributed by atoms with Crippen molar-refractivity contribution < 1.29 is 65.1 Å². The molecule has 0 atom stereocenters. The Kier molecular flexibility index (Phi) is 16.5. The van der Waals surface area contributed by atoms with Gasteiger partial charge in [0.05, 0.1) is 22.6 Å². The molecule has 0 saturated heterocycles. The van der Waals surface area contributed by atoms with Gasteiger partial charge in [0.15, 0.2) is 0 Å². The number of nitrogens with one attached hydrogen (secondary N) is 4. The van der Waals surface area contributed by atoms with Gasteiger partial charge in [0.1, 0.15) is 52.5 Å². The number of phenolic OH excluding ortho intramolecular Hbond substituents is 4. The summed E-state index contributed by atoms with van der Waals surface area (Å²) in [4.78, 5) is 16.6. The van der Waals surface area contributed by atoms with Crippen molar-refractivity contribution in [3.63, 3.8) is 0 Å². The number of hydrogen-bond acceptors (Lipinski definition) is 17. The second-order valence-electron chi connectivity index (χ2n) is 11.8. The summed E-state index contributed by atoms with van der Waals surface area (Å²) < 4.78 is 36.0. The van der Waals surface area contributed by atoms with Gasteiger partial charge in [-0.1, -0.05) is 36.4 Å². The van der Waals surface area contributed by atoms with Gasteiger partial charge in [0, 0.05) is 59.8 Å². The van der Waals surface area contributed by atoms with Crippen LogP contribution in [0.3, 0.4) is 0 Å². The average Bonchev–Trinajstić information content (AvgIpc) is 3.21. The predicted octanol–water partition coefficient (Wildman–Crippen LogP) is 8.30. The molecule has 21 heteroatoms. The molecule has 0 spiro atoms. The van der Waals surface area contributed by atoms with E-state index in [2.05, 4.69) is 46.3 Å². The van der Waals surface area contributed by atoms with Crippen molar-refractivity contribution in [3.05, 3.63) is 97.1 Å². The largest absolute Gasteiger partial charge is 0.506 e. The third-order valence-electron chi connectivity index (χ3n) is 7.95. The van der Waals surface area contributed by atoms with Crippen molar-refractivity contribution in [1.82, 2.24) is 10.2 Å². The van der Waals surface area contributed by atoms with Crippen LogP contribution in [0, 0.1) is 0 Å². The molecule has 0 heterocycles. The van der Waals surface area contributed by atoms with Crippen LogP contribution in [-0.2, 0) is 46.2 Å². The Balaban J connectivity index is 0.000000256. The summed E-state index contributed by atoms with van der Waals surface area (Å²) in [5.74, 6) is -0.886. The third kappa shape index (κ3) is 11.6. The number of nitrogens with zero attached hydrogens (tertiary/aromatic N) is 4. The van der Waals surface area contributed by atoms with Crippen LogP contribution in [0.5, 0.6) is 23.0 Å². The molecule has 0 fully saturated rings. The number of benzene rings is 6. The van der Waals surface area contributed by atoms with Gasteiger partial charge >= 0.3 is 0 Å². The monoisotopic (exact) mass is 882 g/mol. The Labute approximate surface area is 353 Å². The number of hydrogen-bond donors (Lipinski definition) is 8. The number of methoxy groups -OCH3 is 1. The SMILES string of the molecule is CNOOSc1ccc(O)c(N=Nc2c(O)ccc3cccc(NCOC)c23)c1.CNS(=O)(=O)c1ccc(O)c(N=Nc2c(O)ccc3cccc(NC(C)=O)c23)c1.[Cr]. The molecule has 0 aliphatic heterocycles. The van der Waals surface area contributed by atoms with Crippen molar-refractivity contribution in [2.45, 2.75) is 16.7 Å². The molecule has 8 N–H and O–H groups in total. The van der Waals surface area contributed by atoms with Crippen LogP contribution in [0.15, 0.2) is 127 Å². The first-order valence-corrected chi connectivity index (χ1v) is 19.2. The molecule has 6 rings (SSSR count). The van der Waals surface area contributed by atoms with E-state index in [9.17, 15) is 33.6 Å². The molecule has 0 aliphatic carbocycles. The molecule has 0 unspecified atom stereocenters. The molecular formula is C38H38CrN8O10S2. The summed E-state index contributed by atoms with van der Waals surface area (Å²) in [6, 6.07) is 25.5. The number of phenols is 4. The van der Waals surface area contributed by atoms with Gasteiger partial charge in [-0.15, -0.1) is 29.8 Å². The quantitative estimate of drug-likeness (QED) is 0.0128. The maximum Gasteiger partial charge on any atom is 0.240 e. The van der Waals surface area contributed by atoms with Gasteiger partial charge in [-0.2, -0.15) is 5.48 Å². The Morgan fingerprint density at radius 1 is 0.712 bits per heavy atom. The van der Waals surface area contributed by atoms with Crippen LogP contribution in [0.25, 0.3) is 21.5 Å². The molecule has 59 heavy (non-hydrogen) atoms. The average molecular weight is 883 g/mol. The maximum absolute atomic E-state index is 12.0. The maximum atomic E-state index is 12.0. The second kappa shape index (κ2) is 21.2. The summed E-state index contributed by atoms with van der Waals surface area (Å²) in [5, 5.41) is 65.6. The molecule has 0 aliphatic rings. The summed E-state index contributed by atoms with van der Waals surface area (Å²) in [7, 11) is 0.660. The van der Waals surface area contributed by atoms with E-state index in [1.54, 1.807) is 62.7 Å². The number of rotatable bonds is 14. The zero-order valence-corrected chi connectivity index (χ0v) is 34.6. The van der Waals surface area contributed by atoms with Crippen LogP contribution in [0.2, 0.25) is 0 Å². The van der Waals surface area contributed by atoms with Crippen molar-refractivity contribution in [2.75, 3.05) is 38.6 Å². The van der Waals surface area contributed by atoms with E-state index in [0.717, 1.165) is 29.2 Å². The zero-order valence-electron chi connectivity index (χ0n) is 31.7. The predicted molar refractivity (Wildman–Crippen MR) is 219 cm³/mol. The number of anilines is 2. The van der Waals surface area contributed by atoms with E-state index in [-0.39, 0.29) is 73.9 Å². The normalized spacial score (nSPS) is 11.4. The third-order valence-corrected chi connectivity index (χ3v) is 9.94. The van der Waals surface area contributed by atoms with Crippen molar-refractivity contribution >= 4 is 83.6 Å². The van der Waals surface area contributed by atoms with E-state index in [0.29, 0.717) is 33.5 Å². The van der Waals surface area contributed by atoms with Crippen LogP contribution < -0.4 is 20.8 Å². The van der Waals surface area contributed by atoms with Gasteiger partial charge in [-0.05, 0) is 78.5 Å². The second-order valence-corrected chi connectivity index (χ2v) is 14.5. The fourth-order valence-corrected chi connectivity index (χ4v) is 6.51. The minimum atomic E-state index is -3.74. The Bertz CT molecular complexity index is 2620. The molecule has 1 amide bonds. The number of hydroxylamine groups is 1. The number of ether oxygens (including phenoxy) is 1. The molecule has 0 bridgehead atoms. The first-order valence-electron chi connectivity index (χ1n) is 17.0. The van der Waals surface area contributed by atoms with E-state index < -0.39 is 10.0 Å². The standard InChI is InChI=1S/C19H20N4O5S.C19H18N4O5S.Cr/c1-20-27-28-29-13-7-9-16(24)15(10-13)22-23-19-17(25)8-6-12-4-3-5-14(18(12)19)21-11-26-2;1-11(24)21-14-5-3-4-12-6-8-17(26)19(18(12)14)23-22-15-10-13(7-9-16(15)25)29(27,28)20-2;/h3-10,20-21,24-25H,11H2,1-2H3;3-10,20,25-26H,1-2H3,(H,21,24);. The summed E-state index contributed by atoms with van der Waals surface area (Å²) in [5.41, 5.74) is 3.98. The Morgan fingerprint density at radius 3 is 1.81 bits per heavy atom. The molecule has 0 aromatic heterocycles. The Morgan fingerprint density at radius 2 is 1.25 bits per heavy atom. The smallest absolute Gasteiger partial charge is 0.240 e. The topological polar surface area (TPSA) is 257 Å². The fourth-order valence-electron chi connectivity index (χ4n) is 5.29. The number of aromatic hydroxyl groups is 4. The number of fused-ring (bicyclic) bond motifs is 2. The molecule has 18 nitrogen and oxygen atoms in total. The van der Waals surface area contributed by atoms with E-state index in [4.69, 9.17) is 9.07 Å². The van der Waals surface area contributed by atoms with Gasteiger partial charge in [0.2, 0.25) is 15.9 Å². The Hall–Kier alpha value is -5.86. The number of carbonyl (C=O) groups excluding carboxylic acids is 1. The minimum absolute atomic E-state index is 0. The molecule has 308 valence electrons. The molecule has 6 aromatic carbocycles. The van der Waals surface area contributed by atoms with Gasteiger partial charge < -0.3 is 35.8 Å². The van der Waals surface area contributed by atoms with Crippen LogP contribution in [0.4, 0.5) is 34.1 Å². The molecular weight excluding hydrogens is 845 g/mol. The number of azo groups is 2. The number of amides is 1. The van der Waals surface area contributed by atoms with Crippen molar-refractivity contribution in [3.8, 4) is 23.0 Å². The van der Waals surface area contributed by atoms with Gasteiger partial charge in [-0.25, -0.2) is 13.1 Å². The fraction of sp³-hybridized carbons (Fsp3) is 0.132. The van der Waals surface area contributed by atoms with E-state index >= 15 is 0 Å². The number of sulfonamides is 1. The summed E-state index contributed by atoms with van der Waals surface area (Å²) >= 11 is 0.936. The summed E-state index contributed by atoms with van der Waals surface area (Å²) in [6.07, 6.45) is 0. The van der Waals surface area contributed by atoms with Crippen LogP contribution >= 0.6 is 12.0 Å². The first-order chi connectivity index (χ1) is 27.9. The molecule has 0 radical (unpaired) electrons. The van der Waals surface area contributed by atoms with E-state index in [1.807, 2.05) is 18.2 Å². The molecule has 0 saturated carbocycles. The minimum Gasteiger partial charge on any atom is -0.506 e. The summed E-state index contributed by atoms with van der Waals surface area (Å²) in [6.45, 7) is 1.65. The first kappa shape index (κ1) is 45.8. The zero-order chi connectivity index (χ0) is 41.8. The van der Waals surface area contributed by atoms with Gasteiger partial charge in [0.25, 0.3) is 0 Å². The van der Waals surface area contributed by atoms with Crippen LogP contribution in [0.1, 0.15) is 6.92 Å². The number of carbonyl (C=O) groups is 1. The van der Waals surface area contributed by atoms with Crippen molar-refractivity contribution in [2.24, 2.45) is 20.5 Å². The van der Waals surface area contributed by atoms with E-state index in [1.165, 1.54) is 38.2 Å².